The molecule has 1 heterocycles. The Hall–Kier alpha value is -2.98. The molecule has 0 aromatic heterocycles. The van der Waals surface area contributed by atoms with E-state index in [1.165, 1.54) is 0 Å². The number of amides is 3. The van der Waals surface area contributed by atoms with Crippen LogP contribution in [-0.2, 0) is 9.59 Å². The molecule has 0 bridgehead atoms. The number of carbonyl (C=O) groups is 3. The quantitative estimate of drug-likeness (QED) is 0.323. The van der Waals surface area contributed by atoms with Crippen molar-refractivity contribution >= 4 is 56.5 Å². The number of carbonyl (C=O) groups excluding carboxylic acids is 3. The lowest BCUT2D eigenvalue weighted by Crippen LogP contribution is -2.36. The Labute approximate surface area is 223 Å². The highest BCUT2D eigenvalue weighted by atomic mass is 79.9. The van der Waals surface area contributed by atoms with Crippen molar-refractivity contribution in [1.29, 1.82) is 0 Å². The van der Waals surface area contributed by atoms with Gasteiger partial charge in [0.15, 0.2) is 11.5 Å². The molecular weight excluding hydrogens is 548 g/mol. The van der Waals surface area contributed by atoms with Crippen LogP contribution in [0.15, 0.2) is 45.8 Å². The van der Waals surface area contributed by atoms with Crippen LogP contribution in [0.4, 0.5) is 10.5 Å². The molecule has 1 aliphatic heterocycles. The molecule has 0 saturated carbocycles. The minimum atomic E-state index is -0.527. The molecule has 2 aromatic carbocycles. The molecule has 1 fully saturated rings. The van der Waals surface area contributed by atoms with Crippen LogP contribution in [0.2, 0.25) is 0 Å². The molecule has 3 amide bonds. The van der Waals surface area contributed by atoms with Gasteiger partial charge in [0.2, 0.25) is 5.91 Å². The number of rotatable bonds is 11. The summed E-state index contributed by atoms with van der Waals surface area (Å²) in [5, 5.41) is 2.19. The topological polar surface area (TPSA) is 94.2 Å². The van der Waals surface area contributed by atoms with Gasteiger partial charge in [-0.3, -0.25) is 19.3 Å². The van der Waals surface area contributed by atoms with Gasteiger partial charge in [-0.2, -0.15) is 0 Å². The number of benzene rings is 2. The number of nitrogens with zero attached hydrogens (tertiary/aromatic N) is 1. The zero-order valence-electron chi connectivity index (χ0n) is 20.6. The monoisotopic (exact) mass is 576 g/mol. The lowest BCUT2D eigenvalue weighted by molar-refractivity contribution is -0.127. The van der Waals surface area contributed by atoms with E-state index in [1.54, 1.807) is 42.5 Å². The summed E-state index contributed by atoms with van der Waals surface area (Å²) >= 11 is 4.32. The normalized spacial score (nSPS) is 15.2. The first kappa shape index (κ1) is 27.6. The van der Waals surface area contributed by atoms with Gasteiger partial charge in [0.05, 0.1) is 28.7 Å². The maximum absolute atomic E-state index is 12.9. The summed E-state index contributed by atoms with van der Waals surface area (Å²) < 4.78 is 17.8. The average molecular weight is 577 g/mol. The zero-order chi connectivity index (χ0) is 26.2. The van der Waals surface area contributed by atoms with E-state index in [0.717, 1.165) is 23.1 Å². The Kier molecular flexibility index (Phi) is 9.83. The zero-order valence-corrected chi connectivity index (χ0v) is 23.0. The Morgan fingerprint density at radius 3 is 2.44 bits per heavy atom. The molecule has 1 atom stereocenters. The molecule has 1 saturated heterocycles. The van der Waals surface area contributed by atoms with Crippen molar-refractivity contribution < 1.29 is 28.6 Å². The second-order valence-corrected chi connectivity index (χ2v) is 9.72. The van der Waals surface area contributed by atoms with Crippen LogP contribution in [0.25, 0.3) is 6.08 Å². The van der Waals surface area contributed by atoms with Crippen molar-refractivity contribution in [1.82, 2.24) is 4.90 Å². The number of ether oxygens (including phenoxy) is 3. The lowest BCUT2D eigenvalue weighted by Gasteiger charge is -2.18. The molecule has 0 radical (unpaired) electrons. The second-order valence-electron chi connectivity index (χ2n) is 7.87. The molecule has 192 valence electrons. The summed E-state index contributed by atoms with van der Waals surface area (Å²) in [6.45, 7) is 8.35. The first-order chi connectivity index (χ1) is 17.2. The highest BCUT2D eigenvalue weighted by Crippen LogP contribution is 2.40. The van der Waals surface area contributed by atoms with Crippen molar-refractivity contribution in [3.63, 3.8) is 0 Å². The smallest absolute Gasteiger partial charge is 0.294 e. The summed E-state index contributed by atoms with van der Waals surface area (Å²) in [5.41, 5.74) is 1.20. The fraction of sp³-hybridized carbons (Fsp3) is 0.346. The lowest BCUT2D eigenvalue weighted by atomic mass is 10.1. The molecule has 10 heteroatoms. The highest BCUT2D eigenvalue weighted by Gasteiger charge is 2.36. The van der Waals surface area contributed by atoms with Gasteiger partial charge in [-0.1, -0.05) is 6.92 Å². The van der Waals surface area contributed by atoms with E-state index in [2.05, 4.69) is 21.2 Å². The first-order valence-corrected chi connectivity index (χ1v) is 13.3. The van der Waals surface area contributed by atoms with Crippen molar-refractivity contribution in [2.75, 3.05) is 25.1 Å². The van der Waals surface area contributed by atoms with E-state index in [0.29, 0.717) is 46.2 Å². The molecule has 1 N–H and O–H groups in total. The van der Waals surface area contributed by atoms with Crippen LogP contribution in [0.1, 0.15) is 39.7 Å². The first-order valence-electron chi connectivity index (χ1n) is 11.7. The number of anilines is 1. The van der Waals surface area contributed by atoms with E-state index in [1.807, 2.05) is 27.7 Å². The fourth-order valence-corrected chi connectivity index (χ4v) is 4.66. The molecule has 8 nitrogen and oxygen atoms in total. The van der Waals surface area contributed by atoms with Gasteiger partial charge >= 0.3 is 0 Å². The van der Waals surface area contributed by atoms with E-state index in [-0.39, 0.29) is 17.6 Å². The molecule has 0 aliphatic carbocycles. The van der Waals surface area contributed by atoms with E-state index < -0.39 is 17.1 Å². The SMILES string of the molecule is CCOc1ccc(NC(=O)CN2C(=O)S/C(=C/c3cc(Br)c(O[C@@H](C)CC)c(OCC)c3)C2=O)cc1. The molecular formula is C26H29BrN2O6S. The van der Waals surface area contributed by atoms with Crippen LogP contribution in [-0.4, -0.2) is 47.8 Å². The maximum Gasteiger partial charge on any atom is 0.294 e. The Morgan fingerprint density at radius 1 is 1.11 bits per heavy atom. The third-order valence-electron chi connectivity index (χ3n) is 5.15. The van der Waals surface area contributed by atoms with Gasteiger partial charge in [0.25, 0.3) is 11.1 Å². The molecule has 3 rings (SSSR count). The summed E-state index contributed by atoms with van der Waals surface area (Å²) in [6.07, 6.45) is 2.44. The van der Waals surface area contributed by atoms with E-state index in [9.17, 15) is 14.4 Å². The fourth-order valence-electron chi connectivity index (χ4n) is 3.27. The van der Waals surface area contributed by atoms with Crippen LogP contribution in [0, 0.1) is 0 Å². The number of hydrogen-bond donors (Lipinski definition) is 1. The van der Waals surface area contributed by atoms with Gasteiger partial charge in [0.1, 0.15) is 12.3 Å². The third kappa shape index (κ3) is 7.04. The minimum absolute atomic E-state index is 0.00314. The largest absolute Gasteiger partial charge is 0.494 e. The average Bonchev–Trinajstić information content (AvgIpc) is 3.10. The maximum atomic E-state index is 12.9. The van der Waals surface area contributed by atoms with Crippen molar-refractivity contribution in [3.05, 3.63) is 51.3 Å². The van der Waals surface area contributed by atoms with Gasteiger partial charge in [-0.15, -0.1) is 0 Å². The highest BCUT2D eigenvalue weighted by molar-refractivity contribution is 9.10. The summed E-state index contributed by atoms with van der Waals surface area (Å²) in [4.78, 5) is 39.1. The van der Waals surface area contributed by atoms with Crippen LogP contribution >= 0.6 is 27.7 Å². The molecule has 0 unspecified atom stereocenters. The third-order valence-corrected chi connectivity index (χ3v) is 6.64. The van der Waals surface area contributed by atoms with Crippen LogP contribution in [0.3, 0.4) is 0 Å². The Morgan fingerprint density at radius 2 is 1.81 bits per heavy atom. The van der Waals surface area contributed by atoms with Gasteiger partial charge in [0, 0.05) is 5.69 Å². The van der Waals surface area contributed by atoms with Crippen molar-refractivity contribution in [2.24, 2.45) is 0 Å². The van der Waals surface area contributed by atoms with Crippen molar-refractivity contribution in [3.8, 4) is 17.2 Å². The standard InChI is InChI=1S/C26H29BrN2O6S/c1-5-16(4)35-24-20(27)12-17(13-21(24)34-7-3)14-22-25(31)29(26(32)36-22)15-23(30)28-18-8-10-19(11-9-18)33-6-2/h8-14,16H,5-7,15H2,1-4H3,(H,28,30)/b22-14+/t16-/m0/s1. The molecule has 36 heavy (non-hydrogen) atoms. The van der Waals surface area contributed by atoms with E-state index >= 15 is 0 Å². The number of hydrogen-bond acceptors (Lipinski definition) is 7. The van der Waals surface area contributed by atoms with Gasteiger partial charge in [-0.25, -0.2) is 0 Å². The predicted molar refractivity (Wildman–Crippen MR) is 145 cm³/mol. The van der Waals surface area contributed by atoms with Gasteiger partial charge < -0.3 is 19.5 Å². The number of imide groups is 1. The summed E-state index contributed by atoms with van der Waals surface area (Å²) in [6, 6.07) is 10.4. The second kappa shape index (κ2) is 12.8. The minimum Gasteiger partial charge on any atom is -0.494 e. The van der Waals surface area contributed by atoms with E-state index in [4.69, 9.17) is 14.2 Å². The van der Waals surface area contributed by atoms with Gasteiger partial charge in [-0.05, 0) is 103 Å². The predicted octanol–water partition coefficient (Wildman–Crippen LogP) is 6.10. The molecule has 0 spiro atoms. The Bertz CT molecular complexity index is 1150. The van der Waals surface area contributed by atoms with Crippen molar-refractivity contribution in [2.45, 2.75) is 40.2 Å². The number of thioether (sulfide) groups is 1. The molecule has 1 aliphatic rings. The number of nitrogens with one attached hydrogen (secondary N) is 1. The van der Waals surface area contributed by atoms with Crippen LogP contribution < -0.4 is 19.5 Å². The molecule has 2 aromatic rings. The number of halogens is 1. The Balaban J connectivity index is 1.73. The summed E-state index contributed by atoms with van der Waals surface area (Å²) in [7, 11) is 0. The van der Waals surface area contributed by atoms with Crippen LogP contribution in [0.5, 0.6) is 17.2 Å². The summed E-state index contributed by atoms with van der Waals surface area (Å²) in [5.74, 6) is 0.802.